The first-order valence-corrected chi connectivity index (χ1v) is 6.06. The lowest BCUT2D eigenvalue weighted by atomic mass is 10.2. The van der Waals surface area contributed by atoms with Gasteiger partial charge in [0.2, 0.25) is 5.78 Å². The normalized spacial score (nSPS) is 10.6. The molecule has 0 aromatic carbocycles. The van der Waals surface area contributed by atoms with Crippen LogP contribution in [0.5, 0.6) is 0 Å². The Kier molecular flexibility index (Phi) is 2.80. The molecule has 0 saturated heterocycles. The van der Waals surface area contributed by atoms with Gasteiger partial charge < -0.3 is 4.42 Å². The highest BCUT2D eigenvalue weighted by atomic mass is 79.9. The summed E-state index contributed by atoms with van der Waals surface area (Å²) < 4.78 is 6.26. The highest BCUT2D eigenvalue weighted by molar-refractivity contribution is 9.10. The van der Waals surface area contributed by atoms with E-state index in [0.29, 0.717) is 10.6 Å². The average Bonchev–Trinajstić information content (AvgIpc) is 2.74. The van der Waals surface area contributed by atoms with Gasteiger partial charge in [-0.1, -0.05) is 0 Å². The fourth-order valence-corrected chi connectivity index (χ4v) is 2.73. The van der Waals surface area contributed by atoms with Crippen molar-refractivity contribution in [2.75, 3.05) is 0 Å². The monoisotopic (exact) mass is 284 g/mol. The molecule has 2 rings (SSSR count). The number of furan rings is 1. The lowest BCUT2D eigenvalue weighted by Crippen LogP contribution is -1.95. The Morgan fingerprint density at radius 2 is 2.13 bits per heavy atom. The van der Waals surface area contributed by atoms with Crippen LogP contribution in [-0.4, -0.2) is 5.78 Å². The van der Waals surface area contributed by atoms with E-state index in [1.54, 1.807) is 12.1 Å². The van der Waals surface area contributed by atoms with Crippen molar-refractivity contribution in [3.05, 3.63) is 43.9 Å². The summed E-state index contributed by atoms with van der Waals surface area (Å²) >= 11 is 4.86. The second kappa shape index (κ2) is 3.94. The third-order valence-corrected chi connectivity index (χ3v) is 4.18. The van der Waals surface area contributed by atoms with Gasteiger partial charge in [-0.15, -0.1) is 11.3 Å². The van der Waals surface area contributed by atoms with Crippen LogP contribution in [0, 0.1) is 13.8 Å². The number of carbonyl (C=O) groups is 1. The molecule has 78 valence electrons. The van der Waals surface area contributed by atoms with Crippen molar-refractivity contribution in [3.63, 3.8) is 0 Å². The Labute approximate surface area is 100 Å². The topological polar surface area (TPSA) is 30.2 Å². The molecule has 0 saturated carbocycles. The molecule has 0 unspecified atom stereocenters. The van der Waals surface area contributed by atoms with Crippen molar-refractivity contribution in [3.8, 4) is 0 Å². The van der Waals surface area contributed by atoms with Crippen LogP contribution in [0.2, 0.25) is 0 Å². The first-order valence-electron chi connectivity index (χ1n) is 4.45. The quantitative estimate of drug-likeness (QED) is 0.782. The summed E-state index contributed by atoms with van der Waals surface area (Å²) in [4.78, 5) is 13.7. The van der Waals surface area contributed by atoms with Crippen molar-refractivity contribution < 1.29 is 9.21 Å². The van der Waals surface area contributed by atoms with Gasteiger partial charge in [-0.3, -0.25) is 4.79 Å². The van der Waals surface area contributed by atoms with Crippen LogP contribution in [0.1, 0.15) is 26.1 Å². The van der Waals surface area contributed by atoms with E-state index in [0.717, 1.165) is 15.1 Å². The molecule has 0 fully saturated rings. The summed E-state index contributed by atoms with van der Waals surface area (Å²) in [5.74, 6) is 1.11. The zero-order valence-electron chi connectivity index (χ0n) is 8.33. The molecule has 0 amide bonds. The van der Waals surface area contributed by atoms with Crippen LogP contribution in [0.25, 0.3) is 0 Å². The number of aryl methyl sites for hydroxylation is 2. The number of hydrogen-bond acceptors (Lipinski definition) is 3. The number of thiophene rings is 1. The number of carbonyl (C=O) groups excluding carboxylic acids is 1. The summed E-state index contributed by atoms with van der Waals surface area (Å²) in [5, 5.41) is 0. The maximum Gasteiger partial charge on any atom is 0.238 e. The SMILES string of the molecule is Cc1ccc(C(=O)c2cc(Br)c(C)s2)o1. The summed E-state index contributed by atoms with van der Waals surface area (Å²) in [5.41, 5.74) is 0. The maximum atomic E-state index is 11.9. The van der Waals surface area contributed by atoms with Crippen molar-refractivity contribution in [2.24, 2.45) is 0 Å². The molecule has 0 aliphatic carbocycles. The number of ketones is 1. The largest absolute Gasteiger partial charge is 0.458 e. The van der Waals surface area contributed by atoms with Crippen LogP contribution in [-0.2, 0) is 0 Å². The zero-order chi connectivity index (χ0) is 11.0. The van der Waals surface area contributed by atoms with Crippen LogP contribution < -0.4 is 0 Å². The van der Waals surface area contributed by atoms with Gasteiger partial charge >= 0.3 is 0 Å². The third kappa shape index (κ3) is 2.06. The van der Waals surface area contributed by atoms with Crippen LogP contribution in [0.4, 0.5) is 0 Å². The standard InChI is InChI=1S/C11H9BrO2S/c1-6-3-4-9(14-6)11(13)10-5-8(12)7(2)15-10/h3-5H,1-2H3. The molecule has 4 heteroatoms. The second-order valence-electron chi connectivity index (χ2n) is 3.25. The summed E-state index contributed by atoms with van der Waals surface area (Å²) in [6.45, 7) is 3.80. The van der Waals surface area contributed by atoms with Gasteiger partial charge in [0.1, 0.15) is 5.76 Å². The lowest BCUT2D eigenvalue weighted by Gasteiger charge is -1.91. The van der Waals surface area contributed by atoms with E-state index in [4.69, 9.17) is 4.42 Å². The summed E-state index contributed by atoms with van der Waals surface area (Å²) in [7, 11) is 0. The van der Waals surface area contributed by atoms with E-state index in [1.807, 2.05) is 19.9 Å². The molecular weight excluding hydrogens is 276 g/mol. The predicted octanol–water partition coefficient (Wildman–Crippen LogP) is 3.95. The minimum absolute atomic E-state index is 0.0538. The average molecular weight is 285 g/mol. The van der Waals surface area contributed by atoms with Gasteiger partial charge in [-0.2, -0.15) is 0 Å². The van der Waals surface area contributed by atoms with E-state index >= 15 is 0 Å². The first kappa shape index (κ1) is 10.6. The third-order valence-electron chi connectivity index (χ3n) is 2.05. The molecule has 0 spiro atoms. The molecule has 2 heterocycles. The Bertz CT molecular complexity index is 491. The molecule has 2 aromatic rings. The smallest absolute Gasteiger partial charge is 0.238 e. The molecule has 0 N–H and O–H groups in total. The van der Waals surface area contributed by atoms with Gasteiger partial charge in [-0.25, -0.2) is 0 Å². The summed E-state index contributed by atoms with van der Waals surface area (Å²) in [6, 6.07) is 5.34. The molecule has 0 atom stereocenters. The van der Waals surface area contributed by atoms with Crippen molar-refractivity contribution in [1.29, 1.82) is 0 Å². The van der Waals surface area contributed by atoms with Gasteiger partial charge in [-0.05, 0) is 48.0 Å². The molecule has 0 bridgehead atoms. The fourth-order valence-electron chi connectivity index (χ4n) is 1.25. The predicted molar refractivity (Wildman–Crippen MR) is 63.6 cm³/mol. The Hall–Kier alpha value is -0.870. The molecule has 15 heavy (non-hydrogen) atoms. The van der Waals surface area contributed by atoms with Crippen molar-refractivity contribution in [1.82, 2.24) is 0 Å². The minimum atomic E-state index is -0.0538. The van der Waals surface area contributed by atoms with Gasteiger partial charge in [0.25, 0.3) is 0 Å². The Morgan fingerprint density at radius 1 is 1.40 bits per heavy atom. The maximum absolute atomic E-state index is 11.9. The van der Waals surface area contributed by atoms with Crippen LogP contribution in [0.15, 0.2) is 27.1 Å². The zero-order valence-corrected chi connectivity index (χ0v) is 10.7. The molecular formula is C11H9BrO2S. The number of hydrogen-bond donors (Lipinski definition) is 0. The van der Waals surface area contributed by atoms with E-state index in [-0.39, 0.29) is 5.78 Å². The molecule has 2 aromatic heterocycles. The molecule has 0 aliphatic heterocycles. The highest BCUT2D eigenvalue weighted by Crippen LogP contribution is 2.28. The minimum Gasteiger partial charge on any atom is -0.458 e. The molecule has 2 nitrogen and oxygen atoms in total. The first-order chi connectivity index (χ1) is 7.08. The number of rotatable bonds is 2. The Balaban J connectivity index is 2.36. The van der Waals surface area contributed by atoms with E-state index in [9.17, 15) is 4.79 Å². The van der Waals surface area contributed by atoms with Crippen molar-refractivity contribution in [2.45, 2.75) is 13.8 Å². The van der Waals surface area contributed by atoms with Crippen LogP contribution >= 0.6 is 27.3 Å². The molecule has 0 aliphatic rings. The van der Waals surface area contributed by atoms with Crippen LogP contribution in [0.3, 0.4) is 0 Å². The number of halogens is 1. The van der Waals surface area contributed by atoms with Gasteiger partial charge in [0.05, 0.1) is 4.88 Å². The van der Waals surface area contributed by atoms with E-state index in [2.05, 4.69) is 15.9 Å². The molecule has 0 radical (unpaired) electrons. The Morgan fingerprint density at radius 3 is 2.60 bits per heavy atom. The fraction of sp³-hybridized carbons (Fsp3) is 0.182. The lowest BCUT2D eigenvalue weighted by molar-refractivity contribution is 0.101. The summed E-state index contributed by atoms with van der Waals surface area (Å²) in [6.07, 6.45) is 0. The second-order valence-corrected chi connectivity index (χ2v) is 5.36. The van der Waals surface area contributed by atoms with Crippen molar-refractivity contribution >= 4 is 33.0 Å². The van der Waals surface area contributed by atoms with Gasteiger partial charge in [0.15, 0.2) is 5.76 Å². The highest BCUT2D eigenvalue weighted by Gasteiger charge is 2.16. The van der Waals surface area contributed by atoms with E-state index < -0.39 is 0 Å². The van der Waals surface area contributed by atoms with Gasteiger partial charge in [0, 0.05) is 9.35 Å². The van der Waals surface area contributed by atoms with E-state index in [1.165, 1.54) is 11.3 Å².